The number of hydrogen-bond donors (Lipinski definition) is 1. The largest absolute Gasteiger partial charge is 0.497 e. The lowest BCUT2D eigenvalue weighted by Crippen LogP contribution is -2.17. The highest BCUT2D eigenvalue weighted by Gasteiger charge is 2.24. The normalized spacial score (nSPS) is 12.6. The molecule has 0 fully saturated rings. The zero-order chi connectivity index (χ0) is 14.0. The van der Waals surface area contributed by atoms with Crippen molar-refractivity contribution >= 4 is 16.9 Å². The molecule has 0 bridgehead atoms. The van der Waals surface area contributed by atoms with Crippen LogP contribution < -0.4 is 4.74 Å². The average molecular weight is 259 g/mol. The first kappa shape index (κ1) is 13.3. The second-order valence-corrected chi connectivity index (χ2v) is 4.89. The Morgan fingerprint density at radius 3 is 2.63 bits per heavy atom. The number of fused-ring (bicyclic) bond motifs is 1. The highest BCUT2D eigenvalue weighted by molar-refractivity contribution is 5.83. The van der Waals surface area contributed by atoms with E-state index in [0.717, 1.165) is 22.2 Å². The van der Waals surface area contributed by atoms with Crippen molar-refractivity contribution < 1.29 is 14.6 Å². The van der Waals surface area contributed by atoms with Crippen molar-refractivity contribution in [2.75, 3.05) is 7.11 Å². The molecule has 1 atom stereocenters. The molecule has 0 amide bonds. The molecule has 0 aliphatic carbocycles. The Kier molecular flexibility index (Phi) is 3.69. The van der Waals surface area contributed by atoms with Crippen LogP contribution in [0.5, 0.6) is 5.75 Å². The van der Waals surface area contributed by atoms with Crippen LogP contribution in [0.3, 0.4) is 0 Å². The highest BCUT2D eigenvalue weighted by Crippen LogP contribution is 2.28. The molecular weight excluding hydrogens is 242 g/mol. The number of aromatic nitrogens is 1. The van der Waals surface area contributed by atoms with E-state index in [2.05, 4.69) is 4.98 Å². The quantitative estimate of drug-likeness (QED) is 0.916. The van der Waals surface area contributed by atoms with Gasteiger partial charge in [-0.2, -0.15) is 0 Å². The maximum absolute atomic E-state index is 11.3. The van der Waals surface area contributed by atoms with Crippen LogP contribution in [-0.4, -0.2) is 23.2 Å². The van der Waals surface area contributed by atoms with Gasteiger partial charge in [-0.3, -0.25) is 9.78 Å². The third-order valence-electron chi connectivity index (χ3n) is 3.20. The molecule has 0 spiro atoms. The van der Waals surface area contributed by atoms with Crippen molar-refractivity contribution in [2.24, 2.45) is 5.92 Å². The van der Waals surface area contributed by atoms with Gasteiger partial charge in [0.15, 0.2) is 0 Å². The highest BCUT2D eigenvalue weighted by atomic mass is 16.5. The standard InChI is InChI=1S/C15H17NO3/c1-9(2)14(15(17)18)11-6-10-7-12(19-3)4-5-13(10)16-8-11/h4-9,14H,1-3H3,(H,17,18). The second-order valence-electron chi connectivity index (χ2n) is 4.89. The Bertz CT molecular complexity index is 607. The van der Waals surface area contributed by atoms with Crippen LogP contribution in [0.1, 0.15) is 25.3 Å². The van der Waals surface area contributed by atoms with Gasteiger partial charge in [-0.1, -0.05) is 13.8 Å². The van der Waals surface area contributed by atoms with Crippen molar-refractivity contribution in [3.05, 3.63) is 36.0 Å². The molecule has 19 heavy (non-hydrogen) atoms. The minimum Gasteiger partial charge on any atom is -0.497 e. The number of hydrogen-bond acceptors (Lipinski definition) is 3. The first-order chi connectivity index (χ1) is 9.02. The number of pyridine rings is 1. The maximum Gasteiger partial charge on any atom is 0.311 e. The molecule has 2 aromatic rings. The molecule has 1 aromatic carbocycles. The Morgan fingerprint density at radius 1 is 1.32 bits per heavy atom. The second kappa shape index (κ2) is 5.26. The van der Waals surface area contributed by atoms with Gasteiger partial charge in [-0.25, -0.2) is 0 Å². The Balaban J connectivity index is 2.52. The van der Waals surface area contributed by atoms with E-state index in [1.807, 2.05) is 38.1 Å². The van der Waals surface area contributed by atoms with E-state index in [9.17, 15) is 9.90 Å². The lowest BCUT2D eigenvalue weighted by molar-refractivity contribution is -0.139. The number of methoxy groups -OCH3 is 1. The first-order valence-corrected chi connectivity index (χ1v) is 6.19. The van der Waals surface area contributed by atoms with E-state index in [1.54, 1.807) is 13.3 Å². The molecule has 4 nitrogen and oxygen atoms in total. The van der Waals surface area contributed by atoms with Crippen LogP contribution in [0.2, 0.25) is 0 Å². The van der Waals surface area contributed by atoms with E-state index >= 15 is 0 Å². The summed E-state index contributed by atoms with van der Waals surface area (Å²) in [6.45, 7) is 3.79. The van der Waals surface area contributed by atoms with E-state index < -0.39 is 11.9 Å². The van der Waals surface area contributed by atoms with Crippen LogP contribution in [0.25, 0.3) is 10.9 Å². The molecule has 100 valence electrons. The van der Waals surface area contributed by atoms with Crippen LogP contribution in [0.4, 0.5) is 0 Å². The average Bonchev–Trinajstić information content (AvgIpc) is 2.37. The smallest absolute Gasteiger partial charge is 0.311 e. The number of ether oxygens (including phenoxy) is 1. The van der Waals surface area contributed by atoms with E-state index in [0.29, 0.717) is 0 Å². The number of benzene rings is 1. The fraction of sp³-hybridized carbons (Fsp3) is 0.333. The number of carbonyl (C=O) groups is 1. The third-order valence-corrected chi connectivity index (χ3v) is 3.20. The summed E-state index contributed by atoms with van der Waals surface area (Å²) < 4.78 is 5.17. The summed E-state index contributed by atoms with van der Waals surface area (Å²) in [5, 5.41) is 10.2. The van der Waals surface area contributed by atoms with Gasteiger partial charge in [0, 0.05) is 11.6 Å². The Labute approximate surface area is 112 Å². The monoisotopic (exact) mass is 259 g/mol. The molecular formula is C15H17NO3. The summed E-state index contributed by atoms with van der Waals surface area (Å²) >= 11 is 0. The SMILES string of the molecule is COc1ccc2ncc(C(C(=O)O)C(C)C)cc2c1. The summed E-state index contributed by atoms with van der Waals surface area (Å²) in [4.78, 5) is 15.7. The molecule has 1 heterocycles. The van der Waals surface area contributed by atoms with E-state index in [1.165, 1.54) is 0 Å². The molecule has 0 aliphatic rings. The molecule has 0 saturated heterocycles. The predicted molar refractivity (Wildman–Crippen MR) is 73.5 cm³/mol. The van der Waals surface area contributed by atoms with E-state index in [4.69, 9.17) is 4.74 Å². The maximum atomic E-state index is 11.3. The van der Waals surface area contributed by atoms with Gasteiger partial charge in [0.1, 0.15) is 5.75 Å². The van der Waals surface area contributed by atoms with Crippen molar-refractivity contribution in [2.45, 2.75) is 19.8 Å². The summed E-state index contributed by atoms with van der Waals surface area (Å²) in [5.74, 6) is -0.604. The number of aliphatic carboxylic acids is 1. The topological polar surface area (TPSA) is 59.4 Å². The minimum atomic E-state index is -0.820. The lowest BCUT2D eigenvalue weighted by Gasteiger charge is -2.16. The van der Waals surface area contributed by atoms with E-state index in [-0.39, 0.29) is 5.92 Å². The van der Waals surface area contributed by atoms with Crippen LogP contribution in [0, 0.1) is 5.92 Å². The summed E-state index contributed by atoms with van der Waals surface area (Å²) in [6, 6.07) is 7.45. The van der Waals surface area contributed by atoms with Crippen LogP contribution >= 0.6 is 0 Å². The van der Waals surface area contributed by atoms with Crippen molar-refractivity contribution in [1.82, 2.24) is 4.98 Å². The third kappa shape index (κ3) is 2.67. The van der Waals surface area contributed by atoms with Crippen molar-refractivity contribution in [3.8, 4) is 5.75 Å². The molecule has 0 aliphatic heterocycles. The van der Waals surface area contributed by atoms with Crippen LogP contribution in [-0.2, 0) is 4.79 Å². The number of carboxylic acids is 1. The fourth-order valence-electron chi connectivity index (χ4n) is 2.24. The zero-order valence-corrected chi connectivity index (χ0v) is 11.3. The van der Waals surface area contributed by atoms with Crippen molar-refractivity contribution in [1.29, 1.82) is 0 Å². The molecule has 1 aromatic heterocycles. The van der Waals surface area contributed by atoms with Crippen molar-refractivity contribution in [3.63, 3.8) is 0 Å². The number of rotatable bonds is 4. The summed E-state index contributed by atoms with van der Waals surface area (Å²) in [5.41, 5.74) is 1.56. The van der Waals surface area contributed by atoms with Gasteiger partial charge in [0.2, 0.25) is 0 Å². The lowest BCUT2D eigenvalue weighted by atomic mass is 9.89. The Hall–Kier alpha value is -2.10. The molecule has 1 N–H and O–H groups in total. The molecule has 2 rings (SSSR count). The van der Waals surface area contributed by atoms with Gasteiger partial charge in [0.05, 0.1) is 18.5 Å². The Morgan fingerprint density at radius 2 is 2.05 bits per heavy atom. The first-order valence-electron chi connectivity index (χ1n) is 6.19. The zero-order valence-electron chi connectivity index (χ0n) is 11.3. The minimum absolute atomic E-state index is 0.0161. The predicted octanol–water partition coefficient (Wildman–Crippen LogP) is 3.07. The van der Waals surface area contributed by atoms with Gasteiger partial charge in [-0.15, -0.1) is 0 Å². The summed E-state index contributed by atoms with van der Waals surface area (Å²) in [6.07, 6.45) is 1.65. The number of carboxylic acid groups (broad SMARTS) is 1. The van der Waals surface area contributed by atoms with Gasteiger partial charge < -0.3 is 9.84 Å². The number of nitrogens with zero attached hydrogens (tertiary/aromatic N) is 1. The molecule has 4 heteroatoms. The van der Waals surface area contributed by atoms with Gasteiger partial charge >= 0.3 is 5.97 Å². The molecule has 0 radical (unpaired) electrons. The summed E-state index contributed by atoms with van der Waals surface area (Å²) in [7, 11) is 1.60. The molecule has 1 unspecified atom stereocenters. The van der Waals surface area contributed by atoms with Crippen LogP contribution in [0.15, 0.2) is 30.5 Å². The van der Waals surface area contributed by atoms with Gasteiger partial charge in [-0.05, 0) is 35.7 Å². The van der Waals surface area contributed by atoms with Gasteiger partial charge in [0.25, 0.3) is 0 Å². The molecule has 0 saturated carbocycles. The fourth-order valence-corrected chi connectivity index (χ4v) is 2.24.